The molecule has 0 aromatic heterocycles. The van der Waals surface area contributed by atoms with E-state index in [1.165, 1.54) is 7.11 Å². The molecule has 1 aliphatic rings. The van der Waals surface area contributed by atoms with E-state index in [-0.39, 0.29) is 17.9 Å². The van der Waals surface area contributed by atoms with Gasteiger partial charge in [-0.2, -0.15) is 0 Å². The van der Waals surface area contributed by atoms with Crippen molar-refractivity contribution in [3.05, 3.63) is 77.0 Å². The van der Waals surface area contributed by atoms with Gasteiger partial charge in [0.25, 0.3) is 0 Å². The molecule has 2 N–H and O–H groups in total. The molecule has 7 heteroatoms. The highest BCUT2D eigenvalue weighted by Gasteiger charge is 2.36. The Kier molecular flexibility index (Phi) is 7.87. The molecule has 2 aromatic rings. The Balaban J connectivity index is 1.91. The standard InChI is InChI=1S/C26H31N3O4/c1-5-15-29-17(3)22(25(31)33-4)23(28-26(29)32)19-13-10-14-20(16-19)27-24(30)21(6-2)18-11-8-7-9-12-18/h7-14,16,21,23H,5-6,15H2,1-4H3,(H,27,30)(H,28,32). The topological polar surface area (TPSA) is 87.7 Å². The van der Waals surface area contributed by atoms with Gasteiger partial charge in [-0.15, -0.1) is 0 Å². The van der Waals surface area contributed by atoms with E-state index < -0.39 is 12.0 Å². The number of anilines is 1. The van der Waals surface area contributed by atoms with Gasteiger partial charge in [0, 0.05) is 17.9 Å². The van der Waals surface area contributed by atoms with E-state index in [4.69, 9.17) is 4.74 Å². The Morgan fingerprint density at radius 2 is 1.85 bits per heavy atom. The van der Waals surface area contributed by atoms with Crippen molar-refractivity contribution < 1.29 is 19.1 Å². The quantitative estimate of drug-likeness (QED) is 0.570. The van der Waals surface area contributed by atoms with Crippen LogP contribution >= 0.6 is 0 Å². The number of amides is 3. The number of ether oxygens (including phenoxy) is 1. The molecular formula is C26H31N3O4. The maximum absolute atomic E-state index is 13.0. The Morgan fingerprint density at radius 3 is 2.48 bits per heavy atom. The Hall–Kier alpha value is -3.61. The first kappa shape index (κ1) is 24.0. The average Bonchev–Trinajstić information content (AvgIpc) is 2.82. The van der Waals surface area contributed by atoms with Crippen LogP contribution in [-0.2, 0) is 14.3 Å². The van der Waals surface area contributed by atoms with E-state index in [1.807, 2.05) is 50.2 Å². The minimum absolute atomic E-state index is 0.109. The molecule has 2 unspecified atom stereocenters. The lowest BCUT2D eigenvalue weighted by Gasteiger charge is -2.35. The zero-order valence-electron chi connectivity index (χ0n) is 19.6. The summed E-state index contributed by atoms with van der Waals surface area (Å²) in [6, 6.07) is 15.9. The van der Waals surface area contributed by atoms with Gasteiger partial charge >= 0.3 is 12.0 Å². The van der Waals surface area contributed by atoms with Gasteiger partial charge in [-0.05, 0) is 43.0 Å². The molecule has 3 amide bonds. The zero-order valence-corrected chi connectivity index (χ0v) is 19.6. The van der Waals surface area contributed by atoms with Crippen LogP contribution in [0.15, 0.2) is 65.9 Å². The van der Waals surface area contributed by atoms with Crippen LogP contribution in [0.25, 0.3) is 0 Å². The summed E-state index contributed by atoms with van der Waals surface area (Å²) >= 11 is 0. The van der Waals surface area contributed by atoms with Crippen molar-refractivity contribution in [1.82, 2.24) is 10.2 Å². The van der Waals surface area contributed by atoms with Crippen LogP contribution in [0.4, 0.5) is 10.5 Å². The van der Waals surface area contributed by atoms with E-state index in [0.717, 1.165) is 12.0 Å². The summed E-state index contributed by atoms with van der Waals surface area (Å²) in [5.74, 6) is -0.884. The van der Waals surface area contributed by atoms with E-state index in [2.05, 4.69) is 10.6 Å². The van der Waals surface area contributed by atoms with Gasteiger partial charge in [-0.1, -0.05) is 56.3 Å². The Bertz CT molecular complexity index is 1050. The Labute approximate surface area is 194 Å². The normalized spacial score (nSPS) is 16.8. The maximum Gasteiger partial charge on any atom is 0.337 e. The molecule has 0 spiro atoms. The van der Waals surface area contributed by atoms with Crippen LogP contribution in [0.5, 0.6) is 0 Å². The number of rotatable bonds is 8. The van der Waals surface area contributed by atoms with Gasteiger partial charge in [0.15, 0.2) is 0 Å². The molecular weight excluding hydrogens is 418 g/mol. The highest BCUT2D eigenvalue weighted by atomic mass is 16.5. The molecule has 0 bridgehead atoms. The molecule has 2 aromatic carbocycles. The first-order valence-corrected chi connectivity index (χ1v) is 11.2. The average molecular weight is 450 g/mol. The minimum atomic E-state index is -0.675. The zero-order chi connectivity index (χ0) is 24.0. The largest absolute Gasteiger partial charge is 0.466 e. The number of nitrogens with one attached hydrogen (secondary N) is 2. The lowest BCUT2D eigenvalue weighted by atomic mass is 9.93. The predicted octanol–water partition coefficient (Wildman–Crippen LogP) is 4.74. The molecule has 0 fully saturated rings. The highest BCUT2D eigenvalue weighted by Crippen LogP contribution is 2.32. The summed E-state index contributed by atoms with van der Waals surface area (Å²) in [5.41, 5.74) is 3.19. The van der Waals surface area contributed by atoms with Crippen molar-refractivity contribution in [2.24, 2.45) is 0 Å². The number of methoxy groups -OCH3 is 1. The molecule has 0 aliphatic carbocycles. The van der Waals surface area contributed by atoms with E-state index in [1.54, 1.807) is 30.0 Å². The highest BCUT2D eigenvalue weighted by molar-refractivity contribution is 5.97. The molecule has 7 nitrogen and oxygen atoms in total. The van der Waals surface area contributed by atoms with E-state index in [0.29, 0.717) is 35.5 Å². The van der Waals surface area contributed by atoms with E-state index >= 15 is 0 Å². The van der Waals surface area contributed by atoms with Crippen LogP contribution in [-0.4, -0.2) is 36.5 Å². The molecule has 0 saturated carbocycles. The third-order valence-electron chi connectivity index (χ3n) is 5.86. The molecule has 2 atom stereocenters. The van der Waals surface area contributed by atoms with E-state index in [9.17, 15) is 14.4 Å². The predicted molar refractivity (Wildman–Crippen MR) is 128 cm³/mol. The van der Waals surface area contributed by atoms with Gasteiger partial charge in [-0.3, -0.25) is 9.69 Å². The van der Waals surface area contributed by atoms with Crippen molar-refractivity contribution in [3.63, 3.8) is 0 Å². The molecule has 33 heavy (non-hydrogen) atoms. The SMILES string of the molecule is CCCN1C(=O)NC(c2cccc(NC(=O)C(CC)c3ccccc3)c2)C(C(=O)OC)=C1C. The van der Waals surface area contributed by atoms with Crippen molar-refractivity contribution in [3.8, 4) is 0 Å². The van der Waals surface area contributed by atoms with Crippen LogP contribution in [0.2, 0.25) is 0 Å². The maximum atomic E-state index is 13.0. The number of carbonyl (C=O) groups is 3. The number of hydrogen-bond donors (Lipinski definition) is 2. The van der Waals surface area contributed by atoms with Gasteiger partial charge < -0.3 is 15.4 Å². The molecule has 1 heterocycles. The van der Waals surface area contributed by atoms with Crippen LogP contribution < -0.4 is 10.6 Å². The fraction of sp³-hybridized carbons (Fsp3) is 0.346. The third-order valence-corrected chi connectivity index (χ3v) is 5.86. The number of hydrogen-bond acceptors (Lipinski definition) is 4. The molecule has 174 valence electrons. The fourth-order valence-corrected chi connectivity index (χ4v) is 4.18. The van der Waals surface area contributed by atoms with Gasteiger partial charge in [0.2, 0.25) is 5.91 Å². The van der Waals surface area contributed by atoms with Crippen LogP contribution in [0.3, 0.4) is 0 Å². The first-order chi connectivity index (χ1) is 15.9. The first-order valence-electron chi connectivity index (χ1n) is 11.2. The third kappa shape index (κ3) is 5.25. The van der Waals surface area contributed by atoms with Gasteiger partial charge in [0.05, 0.1) is 24.6 Å². The lowest BCUT2D eigenvalue weighted by molar-refractivity contribution is -0.136. The molecule has 1 aliphatic heterocycles. The van der Waals surface area contributed by atoms with Gasteiger partial charge in [-0.25, -0.2) is 9.59 Å². The second kappa shape index (κ2) is 10.8. The summed E-state index contributed by atoms with van der Waals surface area (Å²) in [6.07, 6.45) is 1.42. The second-order valence-electron chi connectivity index (χ2n) is 8.01. The number of allylic oxidation sites excluding steroid dienone is 1. The summed E-state index contributed by atoms with van der Waals surface area (Å²) in [5, 5.41) is 5.91. The summed E-state index contributed by atoms with van der Waals surface area (Å²) in [6.45, 7) is 6.20. The number of nitrogens with zero attached hydrogens (tertiary/aromatic N) is 1. The van der Waals surface area contributed by atoms with Gasteiger partial charge in [0.1, 0.15) is 0 Å². The van der Waals surface area contributed by atoms with Crippen LogP contribution in [0.1, 0.15) is 56.7 Å². The van der Waals surface area contributed by atoms with Crippen molar-refractivity contribution in [2.75, 3.05) is 19.0 Å². The number of urea groups is 1. The Morgan fingerprint density at radius 1 is 1.12 bits per heavy atom. The lowest BCUT2D eigenvalue weighted by Crippen LogP contribution is -2.48. The second-order valence-corrected chi connectivity index (χ2v) is 8.01. The van der Waals surface area contributed by atoms with Crippen molar-refractivity contribution >= 4 is 23.6 Å². The summed E-state index contributed by atoms with van der Waals surface area (Å²) in [7, 11) is 1.32. The monoisotopic (exact) mass is 449 g/mol. The number of carbonyl (C=O) groups excluding carboxylic acids is 3. The molecule has 3 rings (SSSR count). The van der Waals surface area contributed by atoms with Crippen LogP contribution in [0, 0.1) is 0 Å². The fourth-order valence-electron chi connectivity index (χ4n) is 4.18. The van der Waals surface area contributed by atoms with Crippen molar-refractivity contribution in [2.45, 2.75) is 45.6 Å². The van der Waals surface area contributed by atoms with Crippen molar-refractivity contribution in [1.29, 1.82) is 0 Å². The smallest absolute Gasteiger partial charge is 0.337 e. The number of esters is 1. The summed E-state index contributed by atoms with van der Waals surface area (Å²) < 4.78 is 5.02. The minimum Gasteiger partial charge on any atom is -0.466 e. The molecule has 0 saturated heterocycles. The number of benzene rings is 2. The summed E-state index contributed by atoms with van der Waals surface area (Å²) in [4.78, 5) is 39.9. The molecule has 0 radical (unpaired) electrons.